The molecule has 0 aliphatic heterocycles. The Kier molecular flexibility index (Phi) is 3.95. The number of benzene rings is 2. The molecular weight excluding hydrogens is 308 g/mol. The van der Waals surface area contributed by atoms with E-state index in [2.05, 4.69) is 5.10 Å². The fourth-order valence-electron chi connectivity index (χ4n) is 2.49. The Hall–Kier alpha value is -3.28. The second-order valence-corrected chi connectivity index (χ2v) is 5.28. The van der Waals surface area contributed by atoms with Crippen LogP contribution in [-0.2, 0) is 0 Å². The number of hydrogen-bond donors (Lipinski definition) is 1. The van der Waals surface area contributed by atoms with Gasteiger partial charge in [0, 0.05) is 0 Å². The van der Waals surface area contributed by atoms with Crippen molar-refractivity contribution in [1.29, 1.82) is 0 Å². The standard InChI is InChI=1S/C18H16N2O4/c1-11-17(24-16-10-6-5-9-15(16)21)12(2)20(19-11)14-8-4-3-7-13(14)18(22)23/h3-10,21H,1-2H3,(H,22,23)/p-1. The Bertz CT molecular complexity index is 915. The zero-order valence-corrected chi connectivity index (χ0v) is 13.2. The van der Waals surface area contributed by atoms with Gasteiger partial charge in [-0.3, -0.25) is 0 Å². The molecule has 0 atom stereocenters. The molecule has 1 heterocycles. The minimum atomic E-state index is -1.04. The van der Waals surface area contributed by atoms with E-state index in [-0.39, 0.29) is 17.1 Å². The summed E-state index contributed by atoms with van der Waals surface area (Å²) in [7, 11) is 0. The Labute approximate surface area is 138 Å². The van der Waals surface area contributed by atoms with Crippen molar-refractivity contribution in [3.8, 4) is 22.9 Å². The molecule has 6 nitrogen and oxygen atoms in total. The van der Waals surface area contributed by atoms with Gasteiger partial charge in [-0.25, -0.2) is 9.48 Å². The van der Waals surface area contributed by atoms with E-state index in [0.29, 0.717) is 22.8 Å². The lowest BCUT2D eigenvalue weighted by atomic mass is 10.2. The third-order valence-corrected chi connectivity index (χ3v) is 3.65. The normalized spacial score (nSPS) is 10.6. The van der Waals surface area contributed by atoms with Crippen molar-refractivity contribution in [1.82, 2.24) is 9.78 Å². The number of aryl methyl sites for hydroxylation is 1. The van der Waals surface area contributed by atoms with Crippen LogP contribution >= 0.6 is 0 Å². The molecule has 0 unspecified atom stereocenters. The van der Waals surface area contributed by atoms with Gasteiger partial charge in [0.15, 0.2) is 5.75 Å². The molecule has 122 valence electrons. The maximum absolute atomic E-state index is 11.8. The van der Waals surface area contributed by atoms with E-state index in [4.69, 9.17) is 4.74 Å². The van der Waals surface area contributed by atoms with Gasteiger partial charge in [-0.05, 0) is 32.0 Å². The average molecular weight is 323 g/mol. The Morgan fingerprint density at radius 3 is 2.50 bits per heavy atom. The topological polar surface area (TPSA) is 87.4 Å². The smallest absolute Gasteiger partial charge is 0.337 e. The van der Waals surface area contributed by atoms with Crippen molar-refractivity contribution < 1.29 is 19.7 Å². The van der Waals surface area contributed by atoms with Crippen molar-refractivity contribution in [2.24, 2.45) is 0 Å². The van der Waals surface area contributed by atoms with E-state index in [1.54, 1.807) is 50.2 Å². The molecule has 0 spiro atoms. The number of aromatic nitrogens is 2. The summed E-state index contributed by atoms with van der Waals surface area (Å²) in [6.07, 6.45) is 0. The van der Waals surface area contributed by atoms with E-state index < -0.39 is 5.97 Å². The van der Waals surface area contributed by atoms with Crippen molar-refractivity contribution in [3.05, 3.63) is 65.5 Å². The van der Waals surface area contributed by atoms with Gasteiger partial charge in [0.25, 0.3) is 0 Å². The number of carboxylic acids is 1. The van der Waals surface area contributed by atoms with Crippen LogP contribution in [0.1, 0.15) is 21.7 Å². The molecule has 2 aromatic carbocycles. The molecular formula is C18H15N2O4-. The van der Waals surface area contributed by atoms with Crippen molar-refractivity contribution >= 4 is 5.97 Å². The Morgan fingerprint density at radius 2 is 1.79 bits per heavy atom. The van der Waals surface area contributed by atoms with Gasteiger partial charge in [-0.15, -0.1) is 0 Å². The number of hydrogen-bond acceptors (Lipinski definition) is 4. The Balaban J connectivity index is 2.08. The molecule has 0 radical (unpaired) electrons. The van der Waals surface area contributed by atoms with Crippen LogP contribution in [0.25, 0.3) is 5.69 Å². The minimum Gasteiger partial charge on any atom is -0.870 e. The second kappa shape index (κ2) is 6.08. The van der Waals surface area contributed by atoms with Crippen LogP contribution < -0.4 is 9.84 Å². The predicted octanol–water partition coefficient (Wildman–Crippen LogP) is 3.05. The lowest BCUT2D eigenvalue weighted by molar-refractivity contribution is -0.269. The van der Waals surface area contributed by atoms with Crippen molar-refractivity contribution in [3.63, 3.8) is 0 Å². The SMILES string of the molecule is Cc1nn(-c2ccccc2C(=O)O)c(C)c1Oc1ccccc1[O-]. The molecule has 0 saturated carbocycles. The maximum Gasteiger partial charge on any atom is 0.337 e. The van der Waals surface area contributed by atoms with Gasteiger partial charge in [0.1, 0.15) is 11.4 Å². The lowest BCUT2D eigenvalue weighted by Crippen LogP contribution is -2.07. The number of para-hydroxylation sites is 3. The van der Waals surface area contributed by atoms with Crippen molar-refractivity contribution in [2.45, 2.75) is 13.8 Å². The van der Waals surface area contributed by atoms with Crippen LogP contribution in [0.5, 0.6) is 17.2 Å². The highest BCUT2D eigenvalue weighted by Crippen LogP contribution is 2.33. The molecule has 0 amide bonds. The number of ether oxygens (including phenoxy) is 1. The van der Waals surface area contributed by atoms with Gasteiger partial charge < -0.3 is 14.9 Å². The second-order valence-electron chi connectivity index (χ2n) is 5.28. The third kappa shape index (κ3) is 2.69. The lowest BCUT2D eigenvalue weighted by Gasteiger charge is -2.14. The van der Waals surface area contributed by atoms with Gasteiger partial charge >= 0.3 is 5.97 Å². The van der Waals surface area contributed by atoms with Crippen molar-refractivity contribution in [2.75, 3.05) is 0 Å². The molecule has 24 heavy (non-hydrogen) atoms. The van der Waals surface area contributed by atoms with E-state index in [9.17, 15) is 15.0 Å². The van der Waals surface area contributed by atoms with Crippen LogP contribution in [0.2, 0.25) is 0 Å². The number of rotatable bonds is 4. The number of nitrogens with zero attached hydrogens (tertiary/aromatic N) is 2. The minimum absolute atomic E-state index is 0.138. The molecule has 3 rings (SSSR count). The summed E-state index contributed by atoms with van der Waals surface area (Å²) in [5, 5.41) is 25.6. The highest BCUT2D eigenvalue weighted by atomic mass is 16.5. The predicted molar refractivity (Wildman–Crippen MR) is 86.0 cm³/mol. The monoisotopic (exact) mass is 323 g/mol. The third-order valence-electron chi connectivity index (χ3n) is 3.65. The number of aromatic carboxylic acids is 1. The molecule has 3 aromatic rings. The molecule has 0 aliphatic rings. The van der Waals surface area contributed by atoms with E-state index in [1.807, 2.05) is 0 Å². The van der Waals surface area contributed by atoms with Crippen LogP contribution in [0.3, 0.4) is 0 Å². The van der Waals surface area contributed by atoms with E-state index in [0.717, 1.165) is 0 Å². The van der Waals surface area contributed by atoms with Crippen LogP contribution in [0.4, 0.5) is 0 Å². The van der Waals surface area contributed by atoms with Crippen LogP contribution in [0.15, 0.2) is 48.5 Å². The summed E-state index contributed by atoms with van der Waals surface area (Å²) >= 11 is 0. The van der Waals surface area contributed by atoms with E-state index >= 15 is 0 Å². The molecule has 0 aliphatic carbocycles. The highest BCUT2D eigenvalue weighted by Gasteiger charge is 2.19. The maximum atomic E-state index is 11.8. The molecule has 1 aromatic heterocycles. The largest absolute Gasteiger partial charge is 0.870 e. The molecule has 0 saturated heterocycles. The molecule has 6 heteroatoms. The fraction of sp³-hybridized carbons (Fsp3) is 0.111. The summed E-state index contributed by atoms with van der Waals surface area (Å²) < 4.78 is 7.25. The van der Waals surface area contributed by atoms with Crippen LogP contribution in [0, 0.1) is 13.8 Å². The summed E-state index contributed by atoms with van der Waals surface area (Å²) in [6.45, 7) is 3.51. The average Bonchev–Trinajstić information content (AvgIpc) is 2.85. The van der Waals surface area contributed by atoms with Gasteiger partial charge in [-0.1, -0.05) is 36.1 Å². The quantitative estimate of drug-likeness (QED) is 0.797. The Morgan fingerprint density at radius 1 is 1.12 bits per heavy atom. The molecule has 0 bridgehead atoms. The zero-order valence-electron chi connectivity index (χ0n) is 13.2. The summed E-state index contributed by atoms with van der Waals surface area (Å²) in [4.78, 5) is 11.4. The first kappa shape index (κ1) is 15.6. The van der Waals surface area contributed by atoms with Gasteiger partial charge in [0.05, 0.1) is 16.9 Å². The summed E-state index contributed by atoms with van der Waals surface area (Å²) in [5.41, 5.74) is 1.76. The first-order valence-electron chi connectivity index (χ1n) is 7.32. The summed E-state index contributed by atoms with van der Waals surface area (Å²) in [5.74, 6) is -0.617. The summed E-state index contributed by atoms with van der Waals surface area (Å²) in [6, 6.07) is 13.0. The number of carbonyl (C=O) groups is 1. The van der Waals surface area contributed by atoms with Crippen LogP contribution in [-0.4, -0.2) is 20.9 Å². The molecule has 0 fully saturated rings. The fourth-order valence-corrected chi connectivity index (χ4v) is 2.49. The first-order valence-corrected chi connectivity index (χ1v) is 7.32. The first-order chi connectivity index (χ1) is 11.5. The van der Waals surface area contributed by atoms with Gasteiger partial charge in [0.2, 0.25) is 0 Å². The number of carboxylic acid groups (broad SMARTS) is 1. The highest BCUT2D eigenvalue weighted by molar-refractivity contribution is 5.91. The van der Waals surface area contributed by atoms with E-state index in [1.165, 1.54) is 16.8 Å². The molecule has 1 N–H and O–H groups in total. The zero-order chi connectivity index (χ0) is 17.3. The van der Waals surface area contributed by atoms with Gasteiger partial charge in [-0.2, -0.15) is 5.10 Å².